The molecule has 2 aromatic carbocycles. The summed E-state index contributed by atoms with van der Waals surface area (Å²) in [5, 5.41) is 2.27. The van der Waals surface area contributed by atoms with Crippen LogP contribution in [0.3, 0.4) is 0 Å². The fourth-order valence-electron chi connectivity index (χ4n) is 2.51. The highest BCUT2D eigenvalue weighted by molar-refractivity contribution is 9.10. The van der Waals surface area contributed by atoms with Gasteiger partial charge in [-0.3, -0.25) is 19.3 Å². The Morgan fingerprint density at radius 3 is 2.41 bits per heavy atom. The maximum absolute atomic E-state index is 12.5. The Labute approximate surface area is 169 Å². The molecule has 27 heavy (non-hydrogen) atoms. The summed E-state index contributed by atoms with van der Waals surface area (Å²) < 4.78 is 0.927. The van der Waals surface area contributed by atoms with Crippen molar-refractivity contribution in [2.75, 3.05) is 11.9 Å². The Balaban J connectivity index is 1.65. The maximum Gasteiger partial charge on any atom is 0.294 e. The number of hydrogen-bond acceptors (Lipinski definition) is 4. The zero-order valence-corrected chi connectivity index (χ0v) is 17.0. The Morgan fingerprint density at radius 1 is 1.11 bits per heavy atom. The van der Waals surface area contributed by atoms with E-state index >= 15 is 0 Å². The summed E-state index contributed by atoms with van der Waals surface area (Å²) in [6, 6.07) is 14.8. The molecule has 0 unspecified atom stereocenters. The zero-order valence-electron chi connectivity index (χ0n) is 14.6. The van der Waals surface area contributed by atoms with Crippen molar-refractivity contribution in [1.29, 1.82) is 0 Å². The molecule has 0 saturated carbocycles. The number of benzene rings is 2. The number of imide groups is 1. The first-order chi connectivity index (χ1) is 13.0. The minimum atomic E-state index is -0.454. The van der Waals surface area contributed by atoms with Crippen molar-refractivity contribution in [2.24, 2.45) is 0 Å². The van der Waals surface area contributed by atoms with Gasteiger partial charge in [0.2, 0.25) is 5.91 Å². The molecule has 1 saturated heterocycles. The van der Waals surface area contributed by atoms with Crippen LogP contribution in [0, 0.1) is 0 Å². The summed E-state index contributed by atoms with van der Waals surface area (Å²) in [7, 11) is 0. The third-order valence-electron chi connectivity index (χ3n) is 3.99. The summed E-state index contributed by atoms with van der Waals surface area (Å²) >= 11 is 4.19. The average Bonchev–Trinajstić information content (AvgIpc) is 2.91. The number of anilines is 1. The Hall–Kier alpha value is -2.38. The number of thioether (sulfide) groups is 1. The van der Waals surface area contributed by atoms with Gasteiger partial charge in [0.1, 0.15) is 6.54 Å². The van der Waals surface area contributed by atoms with E-state index in [4.69, 9.17) is 0 Å². The van der Waals surface area contributed by atoms with E-state index in [1.54, 1.807) is 18.2 Å². The van der Waals surface area contributed by atoms with Crippen LogP contribution >= 0.6 is 27.7 Å². The molecule has 0 atom stereocenters. The number of rotatable bonds is 5. The Morgan fingerprint density at radius 2 is 1.78 bits per heavy atom. The van der Waals surface area contributed by atoms with Gasteiger partial charge in [-0.25, -0.2) is 0 Å². The highest BCUT2D eigenvalue weighted by Gasteiger charge is 2.36. The van der Waals surface area contributed by atoms with Crippen LogP contribution in [-0.2, 0) is 16.0 Å². The fraction of sp³-hybridized carbons (Fsp3) is 0.150. The first-order valence-electron chi connectivity index (χ1n) is 8.36. The number of nitrogens with one attached hydrogen (secondary N) is 1. The normalized spacial score (nSPS) is 15.5. The van der Waals surface area contributed by atoms with E-state index in [0.29, 0.717) is 10.6 Å². The van der Waals surface area contributed by atoms with Crippen LogP contribution in [0.15, 0.2) is 57.9 Å². The van der Waals surface area contributed by atoms with Crippen molar-refractivity contribution in [3.63, 3.8) is 0 Å². The molecule has 0 radical (unpaired) electrons. The molecule has 2 aromatic rings. The van der Waals surface area contributed by atoms with Crippen LogP contribution in [0.2, 0.25) is 0 Å². The molecular formula is C20H17BrN2O3S. The largest absolute Gasteiger partial charge is 0.325 e. The lowest BCUT2D eigenvalue weighted by Crippen LogP contribution is -2.36. The predicted molar refractivity (Wildman–Crippen MR) is 111 cm³/mol. The van der Waals surface area contributed by atoms with Crippen molar-refractivity contribution in [3.8, 4) is 0 Å². The third kappa shape index (κ3) is 4.87. The second-order valence-corrected chi connectivity index (χ2v) is 7.83. The van der Waals surface area contributed by atoms with Gasteiger partial charge in [-0.2, -0.15) is 0 Å². The number of amides is 3. The summed E-state index contributed by atoms with van der Waals surface area (Å²) in [5.74, 6) is -0.865. The minimum absolute atomic E-state index is 0.308. The number of carbonyl (C=O) groups excluding carboxylic acids is 3. The molecule has 0 aliphatic carbocycles. The molecule has 1 heterocycles. The Kier molecular flexibility index (Phi) is 6.13. The lowest BCUT2D eigenvalue weighted by atomic mass is 10.1. The van der Waals surface area contributed by atoms with Crippen molar-refractivity contribution < 1.29 is 14.4 Å². The monoisotopic (exact) mass is 444 g/mol. The molecule has 0 bridgehead atoms. The van der Waals surface area contributed by atoms with Crippen LogP contribution in [-0.4, -0.2) is 28.5 Å². The first-order valence-corrected chi connectivity index (χ1v) is 9.97. The molecule has 1 N–H and O–H groups in total. The first kappa shape index (κ1) is 19.4. The molecule has 1 fully saturated rings. The van der Waals surface area contributed by atoms with E-state index in [1.165, 1.54) is 0 Å². The standard InChI is InChI=1S/C20H17BrN2O3S/c1-2-13-5-9-16(10-6-13)22-18(24)12-23-19(25)17(27-20(23)26)11-14-3-7-15(21)8-4-14/h3-11H,2,12H2,1H3,(H,22,24)/b17-11+. The van der Waals surface area contributed by atoms with Gasteiger partial charge in [-0.15, -0.1) is 0 Å². The van der Waals surface area contributed by atoms with Gasteiger partial charge in [0, 0.05) is 10.2 Å². The summed E-state index contributed by atoms with van der Waals surface area (Å²) in [6.07, 6.45) is 2.56. The molecular weight excluding hydrogens is 428 g/mol. The van der Waals surface area contributed by atoms with E-state index in [9.17, 15) is 14.4 Å². The predicted octanol–water partition coefficient (Wildman–Crippen LogP) is 4.69. The SMILES string of the molecule is CCc1ccc(NC(=O)CN2C(=O)S/C(=C/c3ccc(Br)cc3)C2=O)cc1. The number of halogens is 1. The van der Waals surface area contributed by atoms with Crippen molar-refractivity contribution in [2.45, 2.75) is 13.3 Å². The van der Waals surface area contributed by atoms with E-state index in [0.717, 1.165) is 38.7 Å². The molecule has 1 aliphatic heterocycles. The van der Waals surface area contributed by atoms with E-state index in [2.05, 4.69) is 28.2 Å². The quantitative estimate of drug-likeness (QED) is 0.679. The summed E-state index contributed by atoms with van der Waals surface area (Å²) in [6.45, 7) is 1.74. The molecule has 3 amide bonds. The number of nitrogens with zero attached hydrogens (tertiary/aromatic N) is 1. The number of hydrogen-bond donors (Lipinski definition) is 1. The molecule has 138 valence electrons. The zero-order chi connectivity index (χ0) is 19.4. The van der Waals surface area contributed by atoms with Gasteiger partial charge in [0.25, 0.3) is 11.1 Å². The lowest BCUT2D eigenvalue weighted by Gasteiger charge is -2.12. The van der Waals surface area contributed by atoms with Crippen LogP contribution in [0.1, 0.15) is 18.1 Å². The molecule has 7 heteroatoms. The number of carbonyl (C=O) groups is 3. The second kappa shape index (κ2) is 8.54. The molecule has 0 aromatic heterocycles. The third-order valence-corrected chi connectivity index (χ3v) is 5.43. The van der Waals surface area contributed by atoms with Crippen molar-refractivity contribution in [1.82, 2.24) is 4.90 Å². The highest BCUT2D eigenvalue weighted by Crippen LogP contribution is 2.32. The van der Waals surface area contributed by atoms with E-state index < -0.39 is 17.1 Å². The van der Waals surface area contributed by atoms with Gasteiger partial charge >= 0.3 is 0 Å². The van der Waals surface area contributed by atoms with Gasteiger partial charge in [0.05, 0.1) is 4.91 Å². The van der Waals surface area contributed by atoms with Crippen LogP contribution in [0.5, 0.6) is 0 Å². The average molecular weight is 445 g/mol. The van der Waals surface area contributed by atoms with Gasteiger partial charge in [-0.1, -0.05) is 47.1 Å². The fourth-order valence-corrected chi connectivity index (χ4v) is 3.62. The minimum Gasteiger partial charge on any atom is -0.325 e. The molecule has 1 aliphatic rings. The summed E-state index contributed by atoms with van der Waals surface area (Å²) in [4.78, 5) is 38.1. The molecule has 0 spiro atoms. The Bertz CT molecular complexity index is 908. The number of aryl methyl sites for hydroxylation is 1. The molecule has 3 rings (SSSR count). The van der Waals surface area contributed by atoms with Gasteiger partial charge in [0.15, 0.2) is 0 Å². The smallest absolute Gasteiger partial charge is 0.294 e. The maximum atomic E-state index is 12.5. The second-order valence-electron chi connectivity index (χ2n) is 5.92. The van der Waals surface area contributed by atoms with Crippen molar-refractivity contribution in [3.05, 3.63) is 69.0 Å². The van der Waals surface area contributed by atoms with Crippen LogP contribution in [0.4, 0.5) is 10.5 Å². The lowest BCUT2D eigenvalue weighted by molar-refractivity contribution is -0.127. The topological polar surface area (TPSA) is 66.5 Å². The highest BCUT2D eigenvalue weighted by atomic mass is 79.9. The van der Waals surface area contributed by atoms with Gasteiger partial charge in [-0.05, 0) is 59.7 Å². The molecule has 5 nitrogen and oxygen atoms in total. The van der Waals surface area contributed by atoms with Crippen molar-refractivity contribution >= 4 is 56.5 Å². The van der Waals surface area contributed by atoms with Crippen LogP contribution in [0.25, 0.3) is 6.08 Å². The van der Waals surface area contributed by atoms with E-state index in [1.807, 2.05) is 36.4 Å². The van der Waals surface area contributed by atoms with E-state index in [-0.39, 0.29) is 6.54 Å². The summed E-state index contributed by atoms with van der Waals surface area (Å²) in [5.41, 5.74) is 2.61. The van der Waals surface area contributed by atoms with Gasteiger partial charge < -0.3 is 5.32 Å². The van der Waals surface area contributed by atoms with Crippen LogP contribution < -0.4 is 5.32 Å².